The minimum atomic E-state index is -3.47. The molecule has 0 aliphatic rings. The highest BCUT2D eigenvalue weighted by molar-refractivity contribution is 7.48. The number of hydrogen-bond donors (Lipinski definition) is 0. The first-order valence-corrected chi connectivity index (χ1v) is 7.44. The highest BCUT2D eigenvalue weighted by Gasteiger charge is 2.24. The average Bonchev–Trinajstić information content (AvgIpc) is 2.37. The summed E-state index contributed by atoms with van der Waals surface area (Å²) < 4.78 is 36.5. The fraction of sp³-hybridized carbons (Fsp3) is 0.727. The minimum Gasteiger partial charge on any atom is -0.460 e. The van der Waals surface area contributed by atoms with E-state index in [0.717, 1.165) is 6.08 Å². The van der Waals surface area contributed by atoms with Gasteiger partial charge in [0.15, 0.2) is 0 Å². The topological polar surface area (TPSA) is 80.3 Å². The van der Waals surface area contributed by atoms with Crippen LogP contribution >= 0.6 is 7.82 Å². The van der Waals surface area contributed by atoms with Crippen LogP contribution < -0.4 is 0 Å². The number of phosphoric acid groups is 1. The van der Waals surface area contributed by atoms with Crippen molar-refractivity contribution in [3.63, 3.8) is 0 Å². The van der Waals surface area contributed by atoms with E-state index in [-0.39, 0.29) is 39.6 Å². The van der Waals surface area contributed by atoms with E-state index in [2.05, 4.69) is 11.3 Å². The van der Waals surface area contributed by atoms with Gasteiger partial charge in [0.2, 0.25) is 0 Å². The van der Waals surface area contributed by atoms with E-state index in [1.807, 2.05) is 0 Å². The zero-order valence-electron chi connectivity index (χ0n) is 11.3. The third-order valence-electron chi connectivity index (χ3n) is 1.69. The third kappa shape index (κ3) is 9.81. The fourth-order valence-electron chi connectivity index (χ4n) is 0.998. The van der Waals surface area contributed by atoms with Crippen molar-refractivity contribution < 1.29 is 32.4 Å². The Bertz CT molecular complexity index is 295. The van der Waals surface area contributed by atoms with Gasteiger partial charge in [-0.1, -0.05) is 6.58 Å². The first-order valence-electron chi connectivity index (χ1n) is 5.98. The lowest BCUT2D eigenvalue weighted by Gasteiger charge is -2.16. The molecule has 0 aromatic carbocycles. The molecule has 0 atom stereocenters. The van der Waals surface area contributed by atoms with E-state index in [0.29, 0.717) is 0 Å². The molecular weight excluding hydrogens is 275 g/mol. The monoisotopic (exact) mass is 296 g/mol. The molecule has 0 aliphatic heterocycles. The number of hydrogen-bond acceptors (Lipinski definition) is 7. The van der Waals surface area contributed by atoms with Gasteiger partial charge in [0.25, 0.3) is 0 Å². The molecule has 0 bridgehead atoms. The summed E-state index contributed by atoms with van der Waals surface area (Å²) in [5, 5.41) is 0. The molecule has 0 aromatic heterocycles. The minimum absolute atomic E-state index is 0.0622. The van der Waals surface area contributed by atoms with Crippen LogP contribution in [0.2, 0.25) is 0 Å². The van der Waals surface area contributed by atoms with Gasteiger partial charge in [0.05, 0.1) is 33.0 Å². The summed E-state index contributed by atoms with van der Waals surface area (Å²) in [5.41, 5.74) is 0. The molecule has 0 saturated heterocycles. The normalized spacial score (nSPS) is 11.3. The molecule has 0 fully saturated rings. The second-order valence-electron chi connectivity index (χ2n) is 3.10. The smallest absolute Gasteiger partial charge is 0.460 e. The maximum Gasteiger partial charge on any atom is 0.474 e. The van der Waals surface area contributed by atoms with E-state index >= 15 is 0 Å². The molecule has 19 heavy (non-hydrogen) atoms. The predicted octanol–water partition coefficient (Wildman–Crippen LogP) is 1.93. The first kappa shape index (κ1) is 18.3. The largest absolute Gasteiger partial charge is 0.474 e. The quantitative estimate of drug-likeness (QED) is 0.235. The van der Waals surface area contributed by atoms with Crippen molar-refractivity contribution in [2.45, 2.75) is 13.8 Å². The van der Waals surface area contributed by atoms with Gasteiger partial charge in [-0.25, -0.2) is 9.36 Å². The Balaban J connectivity index is 3.63. The van der Waals surface area contributed by atoms with Crippen LogP contribution in [0.25, 0.3) is 0 Å². The lowest BCUT2D eigenvalue weighted by atomic mass is 10.6. The second-order valence-corrected chi connectivity index (χ2v) is 4.77. The molecule has 0 amide bonds. The van der Waals surface area contributed by atoms with Gasteiger partial charge in [-0.3, -0.25) is 13.6 Å². The van der Waals surface area contributed by atoms with Crippen LogP contribution in [-0.2, 0) is 32.4 Å². The fourth-order valence-corrected chi connectivity index (χ4v) is 2.15. The average molecular weight is 296 g/mol. The molecule has 0 rings (SSSR count). The van der Waals surface area contributed by atoms with Crippen molar-refractivity contribution in [3.05, 3.63) is 12.7 Å². The van der Waals surface area contributed by atoms with Crippen LogP contribution in [0.3, 0.4) is 0 Å². The van der Waals surface area contributed by atoms with Gasteiger partial charge in [-0.15, -0.1) is 0 Å². The molecule has 0 saturated carbocycles. The summed E-state index contributed by atoms with van der Waals surface area (Å²) in [6, 6.07) is 0. The molecule has 8 heteroatoms. The number of phosphoric ester groups is 1. The van der Waals surface area contributed by atoms with Crippen LogP contribution in [0.1, 0.15) is 13.8 Å². The number of rotatable bonds is 12. The summed E-state index contributed by atoms with van der Waals surface area (Å²) in [6.07, 6.45) is 1.07. The van der Waals surface area contributed by atoms with E-state index in [9.17, 15) is 9.36 Å². The summed E-state index contributed by atoms with van der Waals surface area (Å²) in [6.45, 7) is 7.70. The SMILES string of the molecule is C=CC(=O)OCCOCCOP(=O)(OCC)OCC. The maximum atomic E-state index is 11.8. The zero-order chi connectivity index (χ0) is 14.6. The molecule has 0 N–H and O–H groups in total. The molecule has 7 nitrogen and oxygen atoms in total. The van der Waals surface area contributed by atoms with E-state index in [1.54, 1.807) is 13.8 Å². The van der Waals surface area contributed by atoms with Crippen molar-refractivity contribution >= 4 is 13.8 Å². The number of ether oxygens (including phenoxy) is 2. The zero-order valence-corrected chi connectivity index (χ0v) is 12.2. The molecule has 0 unspecified atom stereocenters. The summed E-state index contributed by atoms with van der Waals surface area (Å²) in [7, 11) is -3.47. The first-order chi connectivity index (χ1) is 9.08. The maximum absolute atomic E-state index is 11.8. The van der Waals surface area contributed by atoms with Gasteiger partial charge in [0, 0.05) is 6.08 Å². The molecule has 0 radical (unpaired) electrons. The summed E-state index contributed by atoms with van der Waals surface area (Å²) >= 11 is 0. The van der Waals surface area contributed by atoms with Crippen molar-refractivity contribution in [1.82, 2.24) is 0 Å². The van der Waals surface area contributed by atoms with Gasteiger partial charge in [0.1, 0.15) is 6.61 Å². The molecule has 0 heterocycles. The Morgan fingerprint density at radius 2 is 1.63 bits per heavy atom. The van der Waals surface area contributed by atoms with Crippen LogP contribution in [-0.4, -0.2) is 45.6 Å². The molecule has 0 spiro atoms. The van der Waals surface area contributed by atoms with Gasteiger partial charge in [-0.05, 0) is 13.8 Å². The second kappa shape index (κ2) is 11.1. The van der Waals surface area contributed by atoms with Crippen molar-refractivity contribution in [2.75, 3.05) is 39.6 Å². The van der Waals surface area contributed by atoms with Crippen molar-refractivity contribution in [3.8, 4) is 0 Å². The Hall–Kier alpha value is -0.720. The Morgan fingerprint density at radius 3 is 2.16 bits per heavy atom. The lowest BCUT2D eigenvalue weighted by Crippen LogP contribution is -2.11. The van der Waals surface area contributed by atoms with Crippen molar-refractivity contribution in [1.29, 1.82) is 0 Å². The lowest BCUT2D eigenvalue weighted by molar-refractivity contribution is -0.139. The van der Waals surface area contributed by atoms with E-state index in [1.165, 1.54) is 0 Å². The van der Waals surface area contributed by atoms with Crippen LogP contribution in [0.4, 0.5) is 0 Å². The molecule has 112 valence electrons. The van der Waals surface area contributed by atoms with E-state index in [4.69, 9.17) is 18.3 Å². The molecular formula is C11H21O7P. The molecule has 0 aromatic rings. The summed E-state index contributed by atoms with van der Waals surface area (Å²) in [5.74, 6) is -0.503. The number of carbonyl (C=O) groups excluding carboxylic acids is 1. The highest BCUT2D eigenvalue weighted by Crippen LogP contribution is 2.48. The summed E-state index contributed by atoms with van der Waals surface area (Å²) in [4.78, 5) is 10.7. The number of esters is 1. The Kier molecular flexibility index (Phi) is 10.7. The van der Waals surface area contributed by atoms with Gasteiger partial charge in [-0.2, -0.15) is 0 Å². The third-order valence-corrected chi connectivity index (χ3v) is 3.34. The Morgan fingerprint density at radius 1 is 1.05 bits per heavy atom. The predicted molar refractivity (Wildman–Crippen MR) is 68.8 cm³/mol. The van der Waals surface area contributed by atoms with Crippen molar-refractivity contribution in [2.24, 2.45) is 0 Å². The Labute approximate surface area is 113 Å². The van der Waals surface area contributed by atoms with E-state index < -0.39 is 13.8 Å². The number of carbonyl (C=O) groups is 1. The standard InChI is InChI=1S/C11H21O7P/c1-4-11(12)15-9-7-14-8-10-18-19(13,16-5-2)17-6-3/h4H,1,5-10H2,2-3H3. The van der Waals surface area contributed by atoms with Crippen LogP contribution in [0.5, 0.6) is 0 Å². The van der Waals surface area contributed by atoms with Gasteiger partial charge < -0.3 is 9.47 Å². The molecule has 0 aliphatic carbocycles. The van der Waals surface area contributed by atoms with Gasteiger partial charge >= 0.3 is 13.8 Å². The highest BCUT2D eigenvalue weighted by atomic mass is 31.2. The van der Waals surface area contributed by atoms with Crippen LogP contribution in [0.15, 0.2) is 12.7 Å². The van der Waals surface area contributed by atoms with Crippen LogP contribution in [0, 0.1) is 0 Å².